The van der Waals surface area contributed by atoms with Crippen LogP contribution in [0.5, 0.6) is 0 Å². The van der Waals surface area contributed by atoms with Crippen LogP contribution in [0, 0.1) is 5.92 Å². The number of ether oxygens (including phenoxy) is 1. The van der Waals surface area contributed by atoms with Gasteiger partial charge in [0, 0.05) is 11.5 Å². The summed E-state index contributed by atoms with van der Waals surface area (Å²) in [5, 5.41) is 8.84. The number of aliphatic hydroxyl groups is 1. The predicted molar refractivity (Wildman–Crippen MR) is 51.6 cm³/mol. The molecule has 4 heteroatoms. The highest BCUT2D eigenvalue weighted by Gasteiger charge is 2.12. The van der Waals surface area contributed by atoms with E-state index in [-0.39, 0.29) is 12.4 Å². The molecule has 0 heterocycles. The Hall–Kier alpha value is -1.16. The van der Waals surface area contributed by atoms with Crippen LogP contribution in [0.2, 0.25) is 0 Å². The molecule has 0 aliphatic heterocycles. The van der Waals surface area contributed by atoms with Crippen LogP contribution in [0.3, 0.4) is 0 Å². The number of hydrogen-bond acceptors (Lipinski definition) is 4. The van der Waals surface area contributed by atoms with Gasteiger partial charge in [-0.1, -0.05) is 6.08 Å². The van der Waals surface area contributed by atoms with Gasteiger partial charge in [-0.3, -0.25) is 4.79 Å². The molecule has 0 saturated carbocycles. The molecule has 1 atom stereocenters. The number of rotatable bonds is 5. The van der Waals surface area contributed by atoms with Crippen molar-refractivity contribution in [1.29, 1.82) is 0 Å². The van der Waals surface area contributed by atoms with Crippen LogP contribution in [0.4, 0.5) is 0 Å². The fourth-order valence-electron chi connectivity index (χ4n) is 0.932. The molecule has 0 saturated heterocycles. The van der Waals surface area contributed by atoms with Crippen LogP contribution in [-0.4, -0.2) is 30.6 Å². The Balaban J connectivity index is 4.25. The first-order chi connectivity index (χ1) is 6.52. The minimum Gasteiger partial charge on any atom is -0.466 e. The Kier molecular flexibility index (Phi) is 5.79. The Morgan fingerprint density at radius 2 is 2.00 bits per heavy atom. The molecule has 0 unspecified atom stereocenters. The van der Waals surface area contributed by atoms with Crippen LogP contribution in [0.25, 0.3) is 0 Å². The quantitative estimate of drug-likeness (QED) is 0.524. The minimum absolute atomic E-state index is 0.0820. The van der Waals surface area contributed by atoms with Gasteiger partial charge >= 0.3 is 5.97 Å². The van der Waals surface area contributed by atoms with Gasteiger partial charge < -0.3 is 9.84 Å². The van der Waals surface area contributed by atoms with E-state index in [1.165, 1.54) is 14.0 Å². The van der Waals surface area contributed by atoms with E-state index < -0.39 is 11.9 Å². The summed E-state index contributed by atoms with van der Waals surface area (Å²) in [4.78, 5) is 21.9. The van der Waals surface area contributed by atoms with Crippen LogP contribution >= 0.6 is 0 Å². The number of esters is 1. The highest BCUT2D eigenvalue weighted by atomic mass is 16.5. The van der Waals surface area contributed by atoms with Gasteiger partial charge in [0.25, 0.3) is 0 Å². The van der Waals surface area contributed by atoms with Crippen molar-refractivity contribution in [2.75, 3.05) is 13.7 Å². The molecular formula is C10H16O4. The molecule has 0 fully saturated rings. The summed E-state index contributed by atoms with van der Waals surface area (Å²) < 4.78 is 4.48. The van der Waals surface area contributed by atoms with E-state index in [4.69, 9.17) is 5.11 Å². The van der Waals surface area contributed by atoms with Crippen LogP contribution < -0.4 is 0 Å². The van der Waals surface area contributed by atoms with Crippen molar-refractivity contribution >= 4 is 11.8 Å². The second-order valence-electron chi connectivity index (χ2n) is 3.10. The molecule has 0 aromatic carbocycles. The van der Waals surface area contributed by atoms with Crippen molar-refractivity contribution in [3.05, 3.63) is 11.6 Å². The van der Waals surface area contributed by atoms with Gasteiger partial charge in [-0.15, -0.1) is 0 Å². The van der Waals surface area contributed by atoms with E-state index in [1.54, 1.807) is 13.0 Å². The number of aliphatic hydroxyl groups excluding tert-OH is 1. The maximum absolute atomic E-state index is 10.9. The fraction of sp³-hybridized carbons (Fsp3) is 0.600. The van der Waals surface area contributed by atoms with Crippen molar-refractivity contribution in [3.8, 4) is 0 Å². The summed E-state index contributed by atoms with van der Waals surface area (Å²) in [6, 6.07) is 0. The maximum atomic E-state index is 10.9. The zero-order chi connectivity index (χ0) is 11.1. The molecule has 0 aliphatic carbocycles. The highest BCUT2D eigenvalue weighted by Crippen LogP contribution is 2.07. The van der Waals surface area contributed by atoms with Crippen LogP contribution in [-0.2, 0) is 14.3 Å². The largest absolute Gasteiger partial charge is 0.466 e. The molecule has 4 nitrogen and oxygen atoms in total. The molecule has 0 aromatic rings. The third-order valence-corrected chi connectivity index (χ3v) is 2.01. The summed E-state index contributed by atoms with van der Waals surface area (Å²) in [7, 11) is 1.30. The number of carbonyl (C=O) groups excluding carboxylic acids is 2. The highest BCUT2D eigenvalue weighted by molar-refractivity contribution is 5.87. The number of Topliss-reactive ketones (excluding diaryl/α,β-unsaturated/α-hetero) is 1. The minimum atomic E-state index is -0.422. The molecule has 14 heavy (non-hydrogen) atoms. The Morgan fingerprint density at radius 3 is 2.36 bits per heavy atom. The molecule has 1 N–H and O–H groups in total. The Morgan fingerprint density at radius 1 is 1.43 bits per heavy atom. The van der Waals surface area contributed by atoms with Gasteiger partial charge in [-0.05, 0) is 20.3 Å². The van der Waals surface area contributed by atoms with Gasteiger partial charge in [0.15, 0.2) is 0 Å². The number of methoxy groups -OCH3 is 1. The average Bonchev–Trinajstić information content (AvgIpc) is 2.16. The number of hydrogen-bond donors (Lipinski definition) is 1. The van der Waals surface area contributed by atoms with Crippen molar-refractivity contribution in [2.24, 2.45) is 5.92 Å². The van der Waals surface area contributed by atoms with E-state index in [2.05, 4.69) is 4.74 Å². The van der Waals surface area contributed by atoms with Gasteiger partial charge in [0.2, 0.25) is 0 Å². The smallest absolute Gasteiger partial charge is 0.333 e. The fourth-order valence-corrected chi connectivity index (χ4v) is 0.932. The molecular weight excluding hydrogens is 184 g/mol. The van der Waals surface area contributed by atoms with Gasteiger partial charge in [0.1, 0.15) is 5.78 Å². The van der Waals surface area contributed by atoms with Crippen molar-refractivity contribution in [2.45, 2.75) is 20.3 Å². The summed E-state index contributed by atoms with van der Waals surface area (Å²) in [5.41, 5.74) is 0.451. The number of carbonyl (C=O) groups is 2. The van der Waals surface area contributed by atoms with E-state index in [0.717, 1.165) is 0 Å². The summed E-state index contributed by atoms with van der Waals surface area (Å²) in [6.07, 6.45) is 1.97. The summed E-state index contributed by atoms with van der Waals surface area (Å²) in [5.74, 6) is -0.915. The molecule has 80 valence electrons. The van der Waals surface area contributed by atoms with E-state index in [1.807, 2.05) is 0 Å². The standard InChI is InChI=1S/C10H16O4/c1-7(10(13)14-3)4-5-9(6-11)8(2)12/h4,9,11H,5-6H2,1-3H3/b7-4-/t9-/m1/s1. The summed E-state index contributed by atoms with van der Waals surface area (Å²) >= 11 is 0. The molecule has 0 aliphatic rings. The second-order valence-corrected chi connectivity index (χ2v) is 3.10. The molecule has 0 amide bonds. The first-order valence-electron chi connectivity index (χ1n) is 4.39. The lowest BCUT2D eigenvalue weighted by molar-refractivity contribution is -0.136. The predicted octanol–water partition coefficient (Wildman–Crippen LogP) is 0.693. The normalized spacial score (nSPS) is 13.6. The number of ketones is 1. The van der Waals surface area contributed by atoms with Gasteiger partial charge in [-0.25, -0.2) is 4.79 Å². The molecule has 0 aromatic heterocycles. The van der Waals surface area contributed by atoms with Crippen molar-refractivity contribution in [1.82, 2.24) is 0 Å². The Bertz CT molecular complexity index is 243. The lowest BCUT2D eigenvalue weighted by Gasteiger charge is -2.07. The van der Waals surface area contributed by atoms with E-state index >= 15 is 0 Å². The lowest BCUT2D eigenvalue weighted by Crippen LogP contribution is -2.14. The second kappa shape index (κ2) is 6.32. The van der Waals surface area contributed by atoms with Crippen molar-refractivity contribution in [3.63, 3.8) is 0 Å². The maximum Gasteiger partial charge on any atom is 0.333 e. The third kappa shape index (κ3) is 4.18. The first-order valence-corrected chi connectivity index (χ1v) is 4.39. The lowest BCUT2D eigenvalue weighted by atomic mass is 10.0. The van der Waals surface area contributed by atoms with Crippen molar-refractivity contribution < 1.29 is 19.4 Å². The van der Waals surface area contributed by atoms with Crippen LogP contribution in [0.1, 0.15) is 20.3 Å². The zero-order valence-corrected chi connectivity index (χ0v) is 8.74. The first kappa shape index (κ1) is 12.8. The van der Waals surface area contributed by atoms with E-state index in [9.17, 15) is 9.59 Å². The monoisotopic (exact) mass is 200 g/mol. The molecule has 0 rings (SSSR count). The zero-order valence-electron chi connectivity index (χ0n) is 8.74. The Labute approximate surface area is 83.6 Å². The SMILES string of the molecule is COC(=O)/C(C)=C\C[C@H](CO)C(C)=O. The topological polar surface area (TPSA) is 63.6 Å². The van der Waals surface area contributed by atoms with E-state index in [0.29, 0.717) is 12.0 Å². The molecule has 0 radical (unpaired) electrons. The molecule has 0 bridgehead atoms. The molecule has 0 spiro atoms. The van der Waals surface area contributed by atoms with Gasteiger partial charge in [0.05, 0.1) is 13.7 Å². The van der Waals surface area contributed by atoms with Gasteiger partial charge in [-0.2, -0.15) is 0 Å². The third-order valence-electron chi connectivity index (χ3n) is 2.01. The average molecular weight is 200 g/mol. The summed E-state index contributed by atoms with van der Waals surface area (Å²) in [6.45, 7) is 2.84. The van der Waals surface area contributed by atoms with Crippen LogP contribution in [0.15, 0.2) is 11.6 Å². The number of allylic oxidation sites excluding steroid dienone is 1.